The highest BCUT2D eigenvalue weighted by atomic mass is 32.2. The van der Waals surface area contributed by atoms with E-state index in [4.69, 9.17) is 4.74 Å². The van der Waals surface area contributed by atoms with E-state index in [1.807, 2.05) is 18.2 Å². The van der Waals surface area contributed by atoms with E-state index in [0.29, 0.717) is 19.1 Å². The van der Waals surface area contributed by atoms with Crippen LogP contribution in [0.2, 0.25) is 0 Å². The van der Waals surface area contributed by atoms with Gasteiger partial charge in [-0.3, -0.25) is 4.31 Å². The van der Waals surface area contributed by atoms with Crippen LogP contribution in [0, 0.1) is 0 Å². The number of sulfonamides is 1. The highest BCUT2D eigenvalue weighted by molar-refractivity contribution is 7.92. The van der Waals surface area contributed by atoms with Gasteiger partial charge in [-0.15, -0.1) is 0 Å². The summed E-state index contributed by atoms with van der Waals surface area (Å²) in [7, 11) is -1.60. The van der Waals surface area contributed by atoms with Crippen LogP contribution in [0.25, 0.3) is 0 Å². The zero-order valence-electron chi connectivity index (χ0n) is 17.0. The average Bonchev–Trinajstić information content (AvgIpc) is 3.15. The summed E-state index contributed by atoms with van der Waals surface area (Å²) in [6.07, 6.45) is 4.21. The molecule has 0 aliphatic carbocycles. The van der Waals surface area contributed by atoms with E-state index in [9.17, 15) is 8.42 Å². The topological polar surface area (TPSA) is 70.7 Å². The second-order valence-electron chi connectivity index (χ2n) is 7.85. The Morgan fingerprint density at radius 3 is 2.76 bits per heavy atom. The van der Waals surface area contributed by atoms with E-state index in [0.717, 1.165) is 48.4 Å². The molecule has 0 radical (unpaired) electrons. The molecule has 0 bridgehead atoms. The second kappa shape index (κ2) is 8.34. The molecule has 0 spiro atoms. The fourth-order valence-electron chi connectivity index (χ4n) is 4.46. The molecular weight excluding hydrogens is 386 g/mol. The van der Waals surface area contributed by atoms with Crippen molar-refractivity contribution in [3.8, 4) is 5.75 Å². The van der Waals surface area contributed by atoms with Gasteiger partial charge in [-0.05, 0) is 49.1 Å². The van der Waals surface area contributed by atoms with Crippen molar-refractivity contribution in [1.82, 2.24) is 10.6 Å². The Labute approximate surface area is 173 Å². The van der Waals surface area contributed by atoms with Crippen molar-refractivity contribution in [2.45, 2.75) is 37.9 Å². The first-order chi connectivity index (χ1) is 14.0. The summed E-state index contributed by atoms with van der Waals surface area (Å²) in [6, 6.07) is 15.0. The first kappa shape index (κ1) is 20.2. The highest BCUT2D eigenvalue weighted by Gasteiger charge is 2.29. The lowest BCUT2D eigenvalue weighted by Gasteiger charge is -2.34. The zero-order chi connectivity index (χ0) is 20.4. The molecule has 2 aliphatic heterocycles. The van der Waals surface area contributed by atoms with Crippen LogP contribution >= 0.6 is 0 Å². The number of nitrogens with one attached hydrogen (secondary N) is 2. The molecule has 7 heteroatoms. The summed E-state index contributed by atoms with van der Waals surface area (Å²) >= 11 is 0. The zero-order valence-corrected chi connectivity index (χ0v) is 17.8. The molecule has 0 unspecified atom stereocenters. The lowest BCUT2D eigenvalue weighted by atomic mass is 9.92. The van der Waals surface area contributed by atoms with Gasteiger partial charge < -0.3 is 15.4 Å². The quantitative estimate of drug-likeness (QED) is 0.759. The van der Waals surface area contributed by atoms with Crippen molar-refractivity contribution in [1.29, 1.82) is 0 Å². The van der Waals surface area contributed by atoms with Crippen molar-refractivity contribution >= 4 is 15.7 Å². The minimum Gasteiger partial charge on any atom is -0.496 e. The fraction of sp³-hybridized carbons (Fsp3) is 0.455. The highest BCUT2D eigenvalue weighted by Crippen LogP contribution is 2.36. The van der Waals surface area contributed by atoms with E-state index >= 15 is 0 Å². The third-order valence-corrected chi connectivity index (χ3v) is 7.09. The SMILES string of the molecule is COc1cc2c(cc1CN[C@H]1CCCN[C@H]1c1ccccc1)N(S(C)(=O)=O)CC2. The van der Waals surface area contributed by atoms with Gasteiger partial charge in [0.1, 0.15) is 5.75 Å². The standard InChI is InChI=1S/C22H29N3O3S/c1-28-21-14-17-10-12-25(29(2,26)27)20(17)13-18(21)15-24-19-9-6-11-23-22(19)16-7-4-3-5-8-16/h3-5,7-8,13-14,19,22-24H,6,9-12,15H2,1-2H3/t19-,22-/m0/s1. The largest absolute Gasteiger partial charge is 0.496 e. The van der Waals surface area contributed by atoms with E-state index in [2.05, 4.69) is 34.9 Å². The molecule has 0 aromatic heterocycles. The molecule has 1 saturated heterocycles. The Morgan fingerprint density at radius 2 is 2.03 bits per heavy atom. The monoisotopic (exact) mass is 415 g/mol. The number of benzene rings is 2. The molecule has 2 N–H and O–H groups in total. The Hall–Kier alpha value is -2.09. The summed E-state index contributed by atoms with van der Waals surface area (Å²) in [5.74, 6) is 0.812. The molecule has 29 heavy (non-hydrogen) atoms. The Kier molecular flexibility index (Phi) is 5.81. The van der Waals surface area contributed by atoms with Crippen LogP contribution < -0.4 is 19.7 Å². The van der Waals surface area contributed by atoms with Crippen LogP contribution in [0.1, 0.15) is 35.6 Å². The van der Waals surface area contributed by atoms with Crippen LogP contribution in [0.5, 0.6) is 5.75 Å². The van der Waals surface area contributed by atoms with Gasteiger partial charge in [0.2, 0.25) is 10.0 Å². The van der Waals surface area contributed by atoms with Gasteiger partial charge in [0.25, 0.3) is 0 Å². The first-order valence-electron chi connectivity index (χ1n) is 10.2. The number of nitrogens with zero attached hydrogens (tertiary/aromatic N) is 1. The van der Waals surface area contributed by atoms with Gasteiger partial charge in [-0.2, -0.15) is 0 Å². The van der Waals surface area contributed by atoms with Crippen molar-refractivity contribution < 1.29 is 13.2 Å². The van der Waals surface area contributed by atoms with Gasteiger partial charge in [-0.25, -0.2) is 8.42 Å². The van der Waals surface area contributed by atoms with E-state index in [1.165, 1.54) is 16.1 Å². The minimum atomic E-state index is -3.27. The van der Waals surface area contributed by atoms with Crippen LogP contribution in [-0.2, 0) is 23.0 Å². The summed E-state index contributed by atoms with van der Waals surface area (Å²) in [5, 5.41) is 7.33. The van der Waals surface area contributed by atoms with Crippen molar-refractivity contribution in [3.05, 3.63) is 59.2 Å². The molecule has 2 aromatic rings. The van der Waals surface area contributed by atoms with Crippen molar-refractivity contribution in [2.75, 3.05) is 30.8 Å². The Balaban J connectivity index is 1.56. The van der Waals surface area contributed by atoms with Crippen molar-refractivity contribution in [3.63, 3.8) is 0 Å². The summed E-state index contributed by atoms with van der Waals surface area (Å²) in [6.45, 7) is 2.14. The average molecular weight is 416 g/mol. The molecule has 1 fully saturated rings. The Morgan fingerprint density at radius 1 is 1.24 bits per heavy atom. The molecule has 2 heterocycles. The van der Waals surface area contributed by atoms with Gasteiger partial charge in [0, 0.05) is 30.7 Å². The first-order valence-corrected chi connectivity index (χ1v) is 12.0. The van der Waals surface area contributed by atoms with Crippen LogP contribution in [-0.4, -0.2) is 40.9 Å². The van der Waals surface area contributed by atoms with Crippen LogP contribution in [0.3, 0.4) is 0 Å². The summed E-state index contributed by atoms with van der Waals surface area (Å²) in [5.41, 5.74) is 4.08. The second-order valence-corrected chi connectivity index (χ2v) is 9.76. The normalized spacial score (nSPS) is 21.8. The van der Waals surface area contributed by atoms with Gasteiger partial charge in [0.15, 0.2) is 0 Å². The molecule has 2 atom stereocenters. The lowest BCUT2D eigenvalue weighted by molar-refractivity contribution is 0.303. The van der Waals surface area contributed by atoms with Gasteiger partial charge in [-0.1, -0.05) is 30.3 Å². The summed E-state index contributed by atoms with van der Waals surface area (Å²) in [4.78, 5) is 0. The minimum absolute atomic E-state index is 0.262. The molecule has 2 aromatic carbocycles. The third kappa shape index (κ3) is 4.27. The number of ether oxygens (including phenoxy) is 1. The van der Waals surface area contributed by atoms with E-state index in [-0.39, 0.29) is 6.04 Å². The fourth-order valence-corrected chi connectivity index (χ4v) is 5.41. The van der Waals surface area contributed by atoms with E-state index < -0.39 is 10.0 Å². The maximum atomic E-state index is 12.1. The number of anilines is 1. The van der Waals surface area contributed by atoms with Gasteiger partial charge >= 0.3 is 0 Å². The van der Waals surface area contributed by atoms with Crippen LogP contribution in [0.15, 0.2) is 42.5 Å². The number of hydrogen-bond donors (Lipinski definition) is 2. The predicted octanol–water partition coefficient (Wildman–Crippen LogP) is 2.60. The molecular formula is C22H29N3O3S. The third-order valence-electron chi connectivity index (χ3n) is 5.91. The molecule has 156 valence electrons. The maximum absolute atomic E-state index is 12.1. The van der Waals surface area contributed by atoms with Crippen LogP contribution in [0.4, 0.5) is 5.69 Å². The van der Waals surface area contributed by atoms with Crippen molar-refractivity contribution in [2.24, 2.45) is 0 Å². The predicted molar refractivity (Wildman–Crippen MR) is 116 cm³/mol. The lowest BCUT2D eigenvalue weighted by Crippen LogP contribution is -2.45. The molecule has 6 nitrogen and oxygen atoms in total. The van der Waals surface area contributed by atoms with E-state index in [1.54, 1.807) is 7.11 Å². The molecule has 2 aliphatic rings. The molecule has 0 amide bonds. The number of rotatable bonds is 6. The summed E-state index contributed by atoms with van der Waals surface area (Å²) < 4.78 is 31.4. The number of fused-ring (bicyclic) bond motifs is 1. The number of hydrogen-bond acceptors (Lipinski definition) is 5. The molecule has 0 saturated carbocycles. The molecule has 4 rings (SSSR count). The van der Waals surface area contributed by atoms with Gasteiger partial charge in [0.05, 0.1) is 19.1 Å². The smallest absolute Gasteiger partial charge is 0.232 e. The number of methoxy groups -OCH3 is 1. The maximum Gasteiger partial charge on any atom is 0.232 e. The number of piperidine rings is 1. The Bertz CT molecular complexity index is 963.